The number of hydrogen-bond acceptors (Lipinski definition) is 2. The van der Waals surface area contributed by atoms with Crippen LogP contribution < -0.4 is 5.32 Å². The van der Waals surface area contributed by atoms with Crippen molar-refractivity contribution in [2.45, 2.75) is 25.8 Å². The van der Waals surface area contributed by atoms with Gasteiger partial charge in [-0.1, -0.05) is 28.1 Å². The molecule has 0 aromatic heterocycles. The minimum atomic E-state index is -0.824. The molecule has 0 heterocycles. The zero-order chi connectivity index (χ0) is 12.4. The van der Waals surface area contributed by atoms with Crippen molar-refractivity contribution < 1.29 is 9.90 Å². The smallest absolute Gasteiger partial charge is 0.325 e. The van der Waals surface area contributed by atoms with Crippen LogP contribution in [-0.2, 0) is 4.79 Å². The zero-order valence-electron chi connectivity index (χ0n) is 9.74. The summed E-state index contributed by atoms with van der Waals surface area (Å²) in [6, 6.07) is 5.14. The van der Waals surface area contributed by atoms with Gasteiger partial charge in [0.25, 0.3) is 0 Å². The second-order valence-corrected chi connectivity index (χ2v) is 5.50. The molecular formula is C13H16BrNO2. The number of carboxylic acids is 1. The van der Waals surface area contributed by atoms with E-state index in [-0.39, 0.29) is 0 Å². The minimum Gasteiger partial charge on any atom is -0.480 e. The number of carboxylic acid groups (broad SMARTS) is 1. The Labute approximate surface area is 109 Å². The minimum absolute atomic E-state index is 0.620. The lowest BCUT2D eigenvalue weighted by molar-refractivity contribution is -0.139. The van der Waals surface area contributed by atoms with Crippen molar-refractivity contribution in [2.24, 2.45) is 5.92 Å². The number of carbonyl (C=O) groups is 1. The third-order valence-corrected chi connectivity index (χ3v) is 3.71. The summed E-state index contributed by atoms with van der Waals surface area (Å²) >= 11 is 3.44. The Bertz CT molecular complexity index is 429. The van der Waals surface area contributed by atoms with Gasteiger partial charge in [-0.05, 0) is 49.4 Å². The van der Waals surface area contributed by atoms with Gasteiger partial charge in [-0.3, -0.25) is 4.79 Å². The summed E-state index contributed by atoms with van der Waals surface area (Å²) in [6.07, 6.45) is 2.43. The van der Waals surface area contributed by atoms with Crippen molar-refractivity contribution in [2.75, 3.05) is 6.54 Å². The average molecular weight is 298 g/mol. The lowest BCUT2D eigenvalue weighted by Crippen LogP contribution is -2.30. The number of hydrogen-bond donors (Lipinski definition) is 2. The van der Waals surface area contributed by atoms with Gasteiger partial charge in [0.2, 0.25) is 0 Å². The van der Waals surface area contributed by atoms with E-state index in [4.69, 9.17) is 0 Å². The Balaban J connectivity index is 2.15. The third-order valence-electron chi connectivity index (χ3n) is 3.02. The van der Waals surface area contributed by atoms with Crippen LogP contribution in [0.4, 0.5) is 0 Å². The van der Waals surface area contributed by atoms with E-state index in [2.05, 4.69) is 21.2 Å². The van der Waals surface area contributed by atoms with Crippen molar-refractivity contribution in [1.82, 2.24) is 5.32 Å². The van der Waals surface area contributed by atoms with Crippen molar-refractivity contribution in [3.8, 4) is 0 Å². The van der Waals surface area contributed by atoms with Crippen LogP contribution in [0, 0.1) is 12.8 Å². The van der Waals surface area contributed by atoms with E-state index in [9.17, 15) is 9.90 Å². The predicted octanol–water partition coefficient (Wildman–Crippen LogP) is 2.88. The zero-order valence-corrected chi connectivity index (χ0v) is 11.3. The first-order valence-corrected chi connectivity index (χ1v) is 6.59. The molecule has 1 saturated carbocycles. The van der Waals surface area contributed by atoms with Crippen LogP contribution in [0.5, 0.6) is 0 Å². The number of aryl methyl sites for hydroxylation is 1. The standard InChI is InChI=1S/C13H16BrNO2/c1-8-2-5-10(11(14)6-8)12(13(16)17)15-7-9-3-4-9/h2,5-6,9,12,15H,3-4,7H2,1H3,(H,16,17). The van der Waals surface area contributed by atoms with Gasteiger partial charge in [-0.25, -0.2) is 0 Å². The normalized spacial score (nSPS) is 16.8. The lowest BCUT2D eigenvalue weighted by atomic mass is 10.1. The fourth-order valence-corrected chi connectivity index (χ4v) is 2.53. The largest absolute Gasteiger partial charge is 0.480 e. The molecule has 1 aromatic rings. The number of aliphatic carboxylic acids is 1. The highest BCUT2D eigenvalue weighted by Crippen LogP contribution is 2.30. The maximum atomic E-state index is 11.3. The van der Waals surface area contributed by atoms with Crippen molar-refractivity contribution >= 4 is 21.9 Å². The Morgan fingerprint density at radius 3 is 2.82 bits per heavy atom. The Morgan fingerprint density at radius 2 is 2.29 bits per heavy atom. The highest BCUT2D eigenvalue weighted by atomic mass is 79.9. The van der Waals surface area contributed by atoms with Gasteiger partial charge in [0, 0.05) is 4.47 Å². The molecule has 0 radical (unpaired) electrons. The summed E-state index contributed by atoms with van der Waals surface area (Å²) in [7, 11) is 0. The maximum Gasteiger partial charge on any atom is 0.325 e. The second-order valence-electron chi connectivity index (χ2n) is 4.65. The number of halogens is 1. The van der Waals surface area contributed by atoms with E-state index in [0.29, 0.717) is 5.92 Å². The molecule has 1 unspecified atom stereocenters. The van der Waals surface area contributed by atoms with Crippen molar-refractivity contribution in [1.29, 1.82) is 0 Å². The van der Waals surface area contributed by atoms with Gasteiger partial charge >= 0.3 is 5.97 Å². The summed E-state index contributed by atoms with van der Waals surface area (Å²) in [5.74, 6) is -0.156. The summed E-state index contributed by atoms with van der Waals surface area (Å²) in [6.45, 7) is 2.78. The molecule has 1 aliphatic carbocycles. The average Bonchev–Trinajstić information content (AvgIpc) is 3.04. The summed E-state index contributed by atoms with van der Waals surface area (Å²) in [5, 5.41) is 12.4. The van der Waals surface area contributed by atoms with Gasteiger partial charge in [0.15, 0.2) is 0 Å². The molecular weight excluding hydrogens is 282 g/mol. The second kappa shape index (κ2) is 5.19. The van der Waals surface area contributed by atoms with E-state index in [1.165, 1.54) is 12.8 Å². The van der Waals surface area contributed by atoms with Gasteiger partial charge in [-0.15, -0.1) is 0 Å². The van der Waals surface area contributed by atoms with Gasteiger partial charge in [0.1, 0.15) is 6.04 Å². The van der Waals surface area contributed by atoms with E-state index in [1.54, 1.807) is 0 Å². The molecule has 0 saturated heterocycles. The Hall–Kier alpha value is -0.870. The molecule has 0 amide bonds. The molecule has 1 aromatic carbocycles. The van der Waals surface area contributed by atoms with Gasteiger partial charge in [0.05, 0.1) is 0 Å². The maximum absolute atomic E-state index is 11.3. The molecule has 92 valence electrons. The molecule has 3 nitrogen and oxygen atoms in total. The van der Waals surface area contributed by atoms with Crippen LogP contribution in [0.15, 0.2) is 22.7 Å². The first-order valence-electron chi connectivity index (χ1n) is 5.80. The molecule has 17 heavy (non-hydrogen) atoms. The SMILES string of the molecule is Cc1ccc(C(NCC2CC2)C(=O)O)c(Br)c1. The number of nitrogens with one attached hydrogen (secondary N) is 1. The fourth-order valence-electron chi connectivity index (χ4n) is 1.80. The quantitative estimate of drug-likeness (QED) is 0.879. The monoisotopic (exact) mass is 297 g/mol. The Kier molecular flexibility index (Phi) is 3.84. The van der Waals surface area contributed by atoms with Crippen molar-refractivity contribution in [3.63, 3.8) is 0 Å². The molecule has 0 aliphatic heterocycles. The first kappa shape index (κ1) is 12.6. The van der Waals surface area contributed by atoms with Crippen LogP contribution in [0.25, 0.3) is 0 Å². The van der Waals surface area contributed by atoms with Crippen LogP contribution >= 0.6 is 15.9 Å². The fraction of sp³-hybridized carbons (Fsp3) is 0.462. The van der Waals surface area contributed by atoms with Crippen LogP contribution in [0.1, 0.15) is 30.0 Å². The van der Waals surface area contributed by atoms with E-state index in [0.717, 1.165) is 22.1 Å². The third kappa shape index (κ3) is 3.30. The van der Waals surface area contributed by atoms with Gasteiger partial charge < -0.3 is 10.4 Å². The molecule has 1 aliphatic rings. The molecule has 0 bridgehead atoms. The topological polar surface area (TPSA) is 49.3 Å². The van der Waals surface area contributed by atoms with Crippen LogP contribution in [0.2, 0.25) is 0 Å². The molecule has 1 atom stereocenters. The Morgan fingerprint density at radius 1 is 1.59 bits per heavy atom. The highest BCUT2D eigenvalue weighted by molar-refractivity contribution is 9.10. The van der Waals surface area contributed by atoms with Crippen LogP contribution in [-0.4, -0.2) is 17.6 Å². The molecule has 1 fully saturated rings. The number of rotatable bonds is 5. The summed E-state index contributed by atoms with van der Waals surface area (Å²) < 4.78 is 0.855. The highest BCUT2D eigenvalue weighted by Gasteiger charge is 2.26. The predicted molar refractivity (Wildman–Crippen MR) is 70.0 cm³/mol. The molecule has 0 spiro atoms. The van der Waals surface area contributed by atoms with E-state index >= 15 is 0 Å². The summed E-state index contributed by atoms with van der Waals surface area (Å²) in [4.78, 5) is 11.3. The van der Waals surface area contributed by atoms with Gasteiger partial charge in [-0.2, -0.15) is 0 Å². The lowest BCUT2D eigenvalue weighted by Gasteiger charge is -2.16. The number of benzene rings is 1. The first-order chi connectivity index (χ1) is 8.08. The van der Waals surface area contributed by atoms with Crippen LogP contribution in [0.3, 0.4) is 0 Å². The van der Waals surface area contributed by atoms with E-state index in [1.807, 2.05) is 25.1 Å². The van der Waals surface area contributed by atoms with E-state index < -0.39 is 12.0 Å². The molecule has 2 rings (SSSR count). The molecule has 4 heteroatoms. The summed E-state index contributed by atoms with van der Waals surface area (Å²) in [5.41, 5.74) is 1.91. The van der Waals surface area contributed by atoms with Crippen molar-refractivity contribution in [3.05, 3.63) is 33.8 Å². The molecule has 2 N–H and O–H groups in total.